The number of rotatable bonds is 1. The lowest BCUT2D eigenvalue weighted by atomic mass is 10.1. The third-order valence-corrected chi connectivity index (χ3v) is 4.62. The number of benzene rings is 1. The molecular formula is C11H12N4O4S. The lowest BCUT2D eigenvalue weighted by molar-refractivity contribution is -0.385. The molecule has 0 aromatic heterocycles. The summed E-state index contributed by atoms with van der Waals surface area (Å²) in [6, 6.07) is 3.83. The molecule has 9 heteroatoms. The van der Waals surface area contributed by atoms with Gasteiger partial charge in [0.1, 0.15) is 4.90 Å². The van der Waals surface area contributed by atoms with Crippen molar-refractivity contribution < 1.29 is 13.3 Å². The molecule has 0 unspecified atom stereocenters. The van der Waals surface area contributed by atoms with Crippen LogP contribution in [0, 0.1) is 10.1 Å². The van der Waals surface area contributed by atoms with Crippen molar-refractivity contribution in [2.45, 2.75) is 4.90 Å². The highest BCUT2D eigenvalue weighted by Gasteiger charge is 2.33. The number of hydrogen-bond donors (Lipinski definition) is 1. The van der Waals surface area contributed by atoms with E-state index >= 15 is 0 Å². The number of nitro benzene ring substituents is 1. The van der Waals surface area contributed by atoms with E-state index in [0.717, 1.165) is 19.2 Å². The van der Waals surface area contributed by atoms with Crippen LogP contribution in [-0.4, -0.2) is 50.3 Å². The highest BCUT2D eigenvalue weighted by molar-refractivity contribution is 7.90. The van der Waals surface area contributed by atoms with Gasteiger partial charge in [0.25, 0.3) is 15.7 Å². The number of hydrogen-bond acceptors (Lipinski definition) is 6. The summed E-state index contributed by atoms with van der Waals surface area (Å²) in [7, 11) is -3.84. The Morgan fingerprint density at radius 2 is 2.00 bits per heavy atom. The second kappa shape index (κ2) is 4.53. The molecule has 20 heavy (non-hydrogen) atoms. The molecule has 1 fully saturated rings. The summed E-state index contributed by atoms with van der Waals surface area (Å²) >= 11 is 0. The van der Waals surface area contributed by atoms with Crippen LogP contribution in [0.3, 0.4) is 0 Å². The molecule has 3 rings (SSSR count). The molecule has 1 saturated heterocycles. The van der Waals surface area contributed by atoms with Gasteiger partial charge >= 0.3 is 0 Å². The van der Waals surface area contributed by atoms with Crippen molar-refractivity contribution in [2.75, 3.05) is 26.2 Å². The second-order valence-electron chi connectivity index (χ2n) is 4.56. The van der Waals surface area contributed by atoms with E-state index in [9.17, 15) is 18.5 Å². The van der Waals surface area contributed by atoms with Gasteiger partial charge in [0.05, 0.1) is 4.92 Å². The molecule has 2 aliphatic heterocycles. The molecule has 2 aliphatic rings. The van der Waals surface area contributed by atoms with Gasteiger partial charge in [-0.15, -0.1) is 4.40 Å². The third-order valence-electron chi connectivity index (χ3n) is 3.32. The van der Waals surface area contributed by atoms with Gasteiger partial charge in [-0.3, -0.25) is 10.1 Å². The van der Waals surface area contributed by atoms with E-state index in [1.807, 2.05) is 4.90 Å². The maximum absolute atomic E-state index is 12.0. The van der Waals surface area contributed by atoms with E-state index in [4.69, 9.17) is 0 Å². The average Bonchev–Trinajstić information content (AvgIpc) is 2.71. The Balaban J connectivity index is 2.07. The molecule has 1 N–H and O–H groups in total. The Labute approximate surface area is 115 Å². The maximum Gasteiger partial charge on any atom is 0.285 e. The van der Waals surface area contributed by atoms with Crippen molar-refractivity contribution in [2.24, 2.45) is 4.40 Å². The lowest BCUT2D eigenvalue weighted by Gasteiger charge is -2.28. The predicted molar refractivity (Wildman–Crippen MR) is 71.3 cm³/mol. The number of nitrogens with zero attached hydrogens (tertiary/aromatic N) is 3. The summed E-state index contributed by atoms with van der Waals surface area (Å²) in [5, 5.41) is 13.9. The van der Waals surface area contributed by atoms with Crippen LogP contribution >= 0.6 is 0 Å². The molecule has 0 spiro atoms. The number of nitrogens with one attached hydrogen (secondary N) is 1. The standard InChI is InChI=1S/C11H12N4O4S/c16-15(17)8-1-2-9-10(7-8)20(18,19)13-11(9)14-5-3-12-4-6-14/h1-2,7,12H,3-6H2. The number of piperazine rings is 1. The highest BCUT2D eigenvalue weighted by Crippen LogP contribution is 2.31. The van der Waals surface area contributed by atoms with E-state index in [1.165, 1.54) is 12.1 Å². The molecule has 0 atom stereocenters. The number of non-ortho nitro benzene ring substituents is 1. The number of amidine groups is 1. The fourth-order valence-electron chi connectivity index (χ4n) is 2.34. The van der Waals surface area contributed by atoms with E-state index in [0.29, 0.717) is 24.5 Å². The molecule has 1 aromatic rings. The molecule has 0 aliphatic carbocycles. The minimum Gasteiger partial charge on any atom is -0.353 e. The van der Waals surface area contributed by atoms with E-state index in [2.05, 4.69) is 9.71 Å². The Morgan fingerprint density at radius 3 is 2.65 bits per heavy atom. The minimum atomic E-state index is -3.84. The molecule has 1 aromatic carbocycles. The Kier molecular flexibility index (Phi) is 2.94. The second-order valence-corrected chi connectivity index (χ2v) is 6.14. The zero-order valence-electron chi connectivity index (χ0n) is 10.4. The van der Waals surface area contributed by atoms with Crippen LogP contribution < -0.4 is 5.32 Å². The quantitative estimate of drug-likeness (QED) is 0.575. The summed E-state index contributed by atoms with van der Waals surface area (Å²) in [6.45, 7) is 2.82. The predicted octanol–water partition coefficient (Wildman–Crippen LogP) is -0.0511. The minimum absolute atomic E-state index is 0.0831. The van der Waals surface area contributed by atoms with Crippen LogP contribution in [0.5, 0.6) is 0 Å². The third kappa shape index (κ3) is 2.04. The summed E-state index contributed by atoms with van der Waals surface area (Å²) in [5.41, 5.74) is 0.196. The first-order chi connectivity index (χ1) is 9.49. The summed E-state index contributed by atoms with van der Waals surface area (Å²) in [4.78, 5) is 11.9. The van der Waals surface area contributed by atoms with Crippen molar-refractivity contribution in [3.63, 3.8) is 0 Å². The number of fused-ring (bicyclic) bond motifs is 1. The molecule has 0 radical (unpaired) electrons. The summed E-state index contributed by atoms with van der Waals surface area (Å²) < 4.78 is 27.8. The molecule has 2 heterocycles. The van der Waals surface area contributed by atoms with Crippen molar-refractivity contribution >= 4 is 21.5 Å². The lowest BCUT2D eigenvalue weighted by Crippen LogP contribution is -2.46. The van der Waals surface area contributed by atoms with Crippen LogP contribution in [0.15, 0.2) is 27.5 Å². The molecule has 0 saturated carbocycles. The first-order valence-corrected chi connectivity index (χ1v) is 7.52. The van der Waals surface area contributed by atoms with Crippen molar-refractivity contribution in [3.8, 4) is 0 Å². The van der Waals surface area contributed by atoms with Crippen molar-refractivity contribution in [3.05, 3.63) is 33.9 Å². The first-order valence-electron chi connectivity index (χ1n) is 6.08. The summed E-state index contributed by atoms with van der Waals surface area (Å²) in [6.07, 6.45) is 0. The van der Waals surface area contributed by atoms with Crippen LogP contribution in [0.4, 0.5) is 5.69 Å². The van der Waals surface area contributed by atoms with Crippen molar-refractivity contribution in [1.29, 1.82) is 0 Å². The molecule has 0 amide bonds. The van der Waals surface area contributed by atoms with Gasteiger partial charge in [-0.1, -0.05) is 0 Å². The van der Waals surface area contributed by atoms with Gasteiger partial charge in [-0.05, 0) is 6.07 Å². The van der Waals surface area contributed by atoms with Crippen LogP contribution in [-0.2, 0) is 10.0 Å². The van der Waals surface area contributed by atoms with Gasteiger partial charge in [0.2, 0.25) is 0 Å². The SMILES string of the molecule is O=[N+]([O-])c1ccc2c(c1)S(=O)(=O)N=C2N1CCNCC1. The maximum atomic E-state index is 12.0. The van der Waals surface area contributed by atoms with Gasteiger partial charge in [-0.25, -0.2) is 0 Å². The monoisotopic (exact) mass is 296 g/mol. The van der Waals surface area contributed by atoms with Crippen LogP contribution in [0.2, 0.25) is 0 Å². The number of nitro groups is 1. The fraction of sp³-hybridized carbons (Fsp3) is 0.364. The van der Waals surface area contributed by atoms with Gasteiger partial charge in [-0.2, -0.15) is 8.42 Å². The van der Waals surface area contributed by atoms with E-state index < -0.39 is 14.9 Å². The van der Waals surface area contributed by atoms with Crippen LogP contribution in [0.1, 0.15) is 5.56 Å². The topological polar surface area (TPSA) is 105 Å². The van der Waals surface area contributed by atoms with E-state index in [1.54, 1.807) is 0 Å². The zero-order valence-corrected chi connectivity index (χ0v) is 11.3. The van der Waals surface area contributed by atoms with Gasteiger partial charge in [0.15, 0.2) is 5.84 Å². The zero-order chi connectivity index (χ0) is 14.3. The first kappa shape index (κ1) is 13.0. The normalized spacial score (nSPS) is 20.4. The molecule has 8 nitrogen and oxygen atoms in total. The van der Waals surface area contributed by atoms with Crippen molar-refractivity contribution in [1.82, 2.24) is 10.2 Å². The number of sulfonamides is 1. The highest BCUT2D eigenvalue weighted by atomic mass is 32.2. The molecular weight excluding hydrogens is 284 g/mol. The smallest absolute Gasteiger partial charge is 0.285 e. The molecule has 106 valence electrons. The Morgan fingerprint density at radius 1 is 1.30 bits per heavy atom. The van der Waals surface area contributed by atoms with E-state index in [-0.39, 0.29) is 10.6 Å². The van der Waals surface area contributed by atoms with Gasteiger partial charge < -0.3 is 10.2 Å². The van der Waals surface area contributed by atoms with Gasteiger partial charge in [0, 0.05) is 43.9 Å². The largest absolute Gasteiger partial charge is 0.353 e. The Bertz CT molecular complexity index is 707. The average molecular weight is 296 g/mol. The molecule has 0 bridgehead atoms. The summed E-state index contributed by atoms with van der Waals surface area (Å²) in [5.74, 6) is 0.386. The fourth-order valence-corrected chi connectivity index (χ4v) is 3.59. The van der Waals surface area contributed by atoms with Crippen LogP contribution in [0.25, 0.3) is 0 Å². The Hall–Kier alpha value is -2.00.